The molecule has 2 heteroatoms. The zero-order valence-corrected chi connectivity index (χ0v) is 14.0. The Kier molecular flexibility index (Phi) is 6.20. The Morgan fingerprint density at radius 3 is 2.06 bits per heavy atom. The first-order valence-electron chi connectivity index (χ1n) is 7.14. The molecule has 104 valence electrons. The van der Waals surface area contributed by atoms with Crippen molar-refractivity contribution in [2.45, 2.75) is 71.1 Å². The van der Waals surface area contributed by atoms with Crippen molar-refractivity contribution < 1.29 is 0 Å². The molecule has 0 aliphatic carbocycles. The predicted octanol–water partition coefficient (Wildman–Crippen LogP) is 6.54. The largest absolute Gasteiger partial charge is 0.143 e. The third kappa shape index (κ3) is 4.28. The minimum absolute atomic E-state index is 0.200. The molecule has 0 saturated carbocycles. The molecule has 1 unspecified atom stereocenters. The van der Waals surface area contributed by atoms with Crippen LogP contribution in [0.2, 0.25) is 0 Å². The molecule has 1 heterocycles. The number of hydrogen-bond donors (Lipinski definition) is 0. The molecule has 1 rings (SSSR count). The molecule has 0 amide bonds. The fourth-order valence-corrected chi connectivity index (χ4v) is 3.91. The van der Waals surface area contributed by atoms with Gasteiger partial charge in [-0.3, -0.25) is 0 Å². The average molecular weight is 287 g/mol. The minimum atomic E-state index is 0.200. The Labute approximate surface area is 122 Å². The quantitative estimate of drug-likeness (QED) is 0.521. The van der Waals surface area contributed by atoms with Crippen molar-refractivity contribution >= 4 is 22.9 Å². The summed E-state index contributed by atoms with van der Waals surface area (Å²) in [5.74, 6) is 0.633. The lowest BCUT2D eigenvalue weighted by Gasteiger charge is -2.21. The normalized spacial score (nSPS) is 14.2. The summed E-state index contributed by atoms with van der Waals surface area (Å²) in [6.07, 6.45) is 4.94. The van der Waals surface area contributed by atoms with Crippen LogP contribution in [0.3, 0.4) is 0 Å². The Morgan fingerprint density at radius 1 is 1.11 bits per heavy atom. The standard InChI is InChI=1S/C16H27ClS/c1-6-8-12(9-7-2)15(17)13-10-11-14(18-13)16(3,4)5/h10-12,15H,6-9H2,1-5H3. The van der Waals surface area contributed by atoms with E-state index in [0.717, 1.165) is 0 Å². The van der Waals surface area contributed by atoms with E-state index < -0.39 is 0 Å². The summed E-state index contributed by atoms with van der Waals surface area (Å²) >= 11 is 8.60. The van der Waals surface area contributed by atoms with Gasteiger partial charge in [0.1, 0.15) is 0 Å². The first kappa shape index (κ1) is 16.0. The van der Waals surface area contributed by atoms with Crippen LogP contribution in [0.5, 0.6) is 0 Å². The third-order valence-electron chi connectivity index (χ3n) is 3.37. The molecule has 1 aromatic rings. The maximum absolute atomic E-state index is 6.70. The second-order valence-electron chi connectivity index (χ2n) is 6.19. The molecule has 1 atom stereocenters. The highest BCUT2D eigenvalue weighted by Crippen LogP contribution is 2.40. The van der Waals surface area contributed by atoms with Crippen molar-refractivity contribution in [1.82, 2.24) is 0 Å². The van der Waals surface area contributed by atoms with Crippen molar-refractivity contribution in [3.63, 3.8) is 0 Å². The fraction of sp³-hybridized carbons (Fsp3) is 0.750. The third-order valence-corrected chi connectivity index (χ3v) is 5.69. The van der Waals surface area contributed by atoms with Gasteiger partial charge in [-0.2, -0.15) is 0 Å². The van der Waals surface area contributed by atoms with Crippen LogP contribution in [0, 0.1) is 5.92 Å². The summed E-state index contributed by atoms with van der Waals surface area (Å²) in [5, 5.41) is 0.200. The first-order valence-corrected chi connectivity index (χ1v) is 8.39. The van der Waals surface area contributed by atoms with Gasteiger partial charge in [-0.1, -0.05) is 47.5 Å². The van der Waals surface area contributed by atoms with Gasteiger partial charge in [-0.25, -0.2) is 0 Å². The van der Waals surface area contributed by atoms with Gasteiger partial charge in [-0.15, -0.1) is 22.9 Å². The van der Waals surface area contributed by atoms with E-state index in [0.29, 0.717) is 5.92 Å². The Bertz CT molecular complexity index is 342. The summed E-state index contributed by atoms with van der Waals surface area (Å²) in [7, 11) is 0. The van der Waals surface area contributed by atoms with Crippen LogP contribution in [-0.4, -0.2) is 0 Å². The summed E-state index contributed by atoms with van der Waals surface area (Å²) in [5.41, 5.74) is 0.241. The highest BCUT2D eigenvalue weighted by Gasteiger charge is 2.23. The molecular weight excluding hydrogens is 260 g/mol. The summed E-state index contributed by atoms with van der Waals surface area (Å²) in [6, 6.07) is 4.49. The molecule has 18 heavy (non-hydrogen) atoms. The molecule has 0 bridgehead atoms. The van der Waals surface area contributed by atoms with E-state index in [9.17, 15) is 0 Å². The minimum Gasteiger partial charge on any atom is -0.143 e. The molecule has 0 aromatic carbocycles. The molecule has 0 saturated heterocycles. The van der Waals surface area contributed by atoms with E-state index >= 15 is 0 Å². The summed E-state index contributed by atoms with van der Waals surface area (Å²) < 4.78 is 0. The summed E-state index contributed by atoms with van der Waals surface area (Å²) in [6.45, 7) is 11.3. The van der Waals surface area contributed by atoms with Crippen LogP contribution in [0.15, 0.2) is 12.1 Å². The zero-order valence-electron chi connectivity index (χ0n) is 12.4. The van der Waals surface area contributed by atoms with Gasteiger partial charge in [0.15, 0.2) is 0 Å². The van der Waals surface area contributed by atoms with Crippen LogP contribution in [0.1, 0.15) is 75.4 Å². The number of halogens is 1. The van der Waals surface area contributed by atoms with Gasteiger partial charge < -0.3 is 0 Å². The lowest BCUT2D eigenvalue weighted by atomic mass is 9.93. The van der Waals surface area contributed by atoms with Gasteiger partial charge in [-0.05, 0) is 36.3 Å². The van der Waals surface area contributed by atoms with Crippen molar-refractivity contribution in [2.75, 3.05) is 0 Å². The second kappa shape index (κ2) is 6.96. The van der Waals surface area contributed by atoms with E-state index in [1.807, 2.05) is 11.3 Å². The lowest BCUT2D eigenvalue weighted by Crippen LogP contribution is -2.08. The zero-order chi connectivity index (χ0) is 13.8. The molecule has 0 aliphatic heterocycles. The molecule has 1 aromatic heterocycles. The average Bonchev–Trinajstić information content (AvgIpc) is 2.76. The Balaban J connectivity index is 2.81. The molecule has 0 fully saturated rings. The van der Waals surface area contributed by atoms with Crippen LogP contribution < -0.4 is 0 Å². The van der Waals surface area contributed by atoms with Crippen LogP contribution >= 0.6 is 22.9 Å². The summed E-state index contributed by atoms with van der Waals surface area (Å²) in [4.78, 5) is 2.79. The van der Waals surface area contributed by atoms with Crippen molar-refractivity contribution in [3.05, 3.63) is 21.9 Å². The number of alkyl halides is 1. The molecule has 0 nitrogen and oxygen atoms in total. The van der Waals surface area contributed by atoms with E-state index in [2.05, 4.69) is 46.8 Å². The van der Waals surface area contributed by atoms with Crippen molar-refractivity contribution in [1.29, 1.82) is 0 Å². The van der Waals surface area contributed by atoms with Crippen molar-refractivity contribution in [2.24, 2.45) is 5.92 Å². The van der Waals surface area contributed by atoms with Crippen LogP contribution in [0.4, 0.5) is 0 Å². The highest BCUT2D eigenvalue weighted by atomic mass is 35.5. The SMILES string of the molecule is CCCC(CCC)C(Cl)c1ccc(C(C)(C)C)s1. The first-order chi connectivity index (χ1) is 8.40. The Hall–Kier alpha value is -0.0100. The molecular formula is C16H27ClS. The fourth-order valence-electron chi connectivity index (χ4n) is 2.32. The van der Waals surface area contributed by atoms with E-state index in [4.69, 9.17) is 11.6 Å². The predicted molar refractivity (Wildman–Crippen MR) is 84.9 cm³/mol. The monoisotopic (exact) mass is 286 g/mol. The smallest absolute Gasteiger partial charge is 0.0706 e. The second-order valence-corrected chi connectivity index (χ2v) is 7.78. The van der Waals surface area contributed by atoms with Gasteiger partial charge in [0.25, 0.3) is 0 Å². The molecule has 0 N–H and O–H groups in total. The van der Waals surface area contributed by atoms with Gasteiger partial charge in [0, 0.05) is 9.75 Å². The van der Waals surface area contributed by atoms with Crippen molar-refractivity contribution in [3.8, 4) is 0 Å². The number of rotatable bonds is 6. The van der Waals surface area contributed by atoms with Gasteiger partial charge in [0.05, 0.1) is 5.38 Å². The topological polar surface area (TPSA) is 0 Å². The Morgan fingerprint density at radius 2 is 1.67 bits per heavy atom. The van der Waals surface area contributed by atoms with Gasteiger partial charge >= 0.3 is 0 Å². The number of hydrogen-bond acceptors (Lipinski definition) is 1. The molecule has 0 spiro atoms. The van der Waals surface area contributed by atoms with E-state index in [1.54, 1.807) is 0 Å². The maximum Gasteiger partial charge on any atom is 0.0706 e. The molecule has 0 radical (unpaired) electrons. The van der Waals surface area contributed by atoms with E-state index in [1.165, 1.54) is 35.4 Å². The van der Waals surface area contributed by atoms with E-state index in [-0.39, 0.29) is 10.8 Å². The van der Waals surface area contributed by atoms with Crippen LogP contribution in [0.25, 0.3) is 0 Å². The lowest BCUT2D eigenvalue weighted by molar-refractivity contribution is 0.429. The highest BCUT2D eigenvalue weighted by molar-refractivity contribution is 7.12. The number of thiophene rings is 1. The molecule has 0 aliphatic rings. The van der Waals surface area contributed by atoms with Crippen LogP contribution in [-0.2, 0) is 5.41 Å². The van der Waals surface area contributed by atoms with Gasteiger partial charge in [0.2, 0.25) is 0 Å². The maximum atomic E-state index is 6.70.